The molecule has 2 nitrogen and oxygen atoms in total. The molecular formula is C17H21ClO2. The standard InChI is InChI=1S/C17H21ClO2/c1-16(2)6-3-7-17(9-8-16)11-14(19)13-10-12(18)4-5-15(13)20-17/h4-5,10H,3,6-9,11H2,1-2H3. The Bertz CT molecular complexity index is 550. The van der Waals surface area contributed by atoms with Gasteiger partial charge in [-0.15, -0.1) is 0 Å². The molecule has 1 aliphatic heterocycles. The molecule has 108 valence electrons. The van der Waals surface area contributed by atoms with Crippen molar-refractivity contribution in [3.8, 4) is 5.75 Å². The van der Waals surface area contributed by atoms with Gasteiger partial charge in [0, 0.05) is 5.02 Å². The number of ketones is 1. The van der Waals surface area contributed by atoms with Crippen molar-refractivity contribution in [2.75, 3.05) is 0 Å². The molecule has 0 bridgehead atoms. The molecule has 2 aliphatic rings. The highest BCUT2D eigenvalue weighted by Gasteiger charge is 2.43. The summed E-state index contributed by atoms with van der Waals surface area (Å²) in [6.07, 6.45) is 5.89. The number of fused-ring (bicyclic) bond motifs is 1. The van der Waals surface area contributed by atoms with E-state index in [0.717, 1.165) is 25.7 Å². The van der Waals surface area contributed by atoms with Crippen molar-refractivity contribution in [3.05, 3.63) is 28.8 Å². The Morgan fingerprint density at radius 1 is 1.15 bits per heavy atom. The maximum absolute atomic E-state index is 12.4. The van der Waals surface area contributed by atoms with E-state index in [1.807, 2.05) is 6.07 Å². The Morgan fingerprint density at radius 2 is 1.95 bits per heavy atom. The van der Waals surface area contributed by atoms with Crippen LogP contribution >= 0.6 is 11.6 Å². The summed E-state index contributed by atoms with van der Waals surface area (Å²) < 4.78 is 6.28. The van der Waals surface area contributed by atoms with Crippen molar-refractivity contribution in [2.24, 2.45) is 5.41 Å². The largest absolute Gasteiger partial charge is 0.486 e. The summed E-state index contributed by atoms with van der Waals surface area (Å²) in [7, 11) is 0. The van der Waals surface area contributed by atoms with Crippen LogP contribution in [0.25, 0.3) is 0 Å². The predicted octanol–water partition coefficient (Wildman–Crippen LogP) is 5.03. The topological polar surface area (TPSA) is 26.3 Å². The van der Waals surface area contributed by atoms with Crippen LogP contribution in [0.2, 0.25) is 5.02 Å². The second kappa shape index (κ2) is 4.77. The van der Waals surface area contributed by atoms with Gasteiger partial charge in [-0.3, -0.25) is 4.79 Å². The molecule has 1 heterocycles. The average molecular weight is 293 g/mol. The second-order valence-electron chi connectivity index (χ2n) is 7.04. The van der Waals surface area contributed by atoms with Gasteiger partial charge in [0.1, 0.15) is 11.4 Å². The SMILES string of the molecule is CC1(C)CCCC2(CC1)CC(=O)c1cc(Cl)ccc1O2. The number of rotatable bonds is 0. The predicted molar refractivity (Wildman–Crippen MR) is 80.6 cm³/mol. The number of carbonyl (C=O) groups is 1. The lowest BCUT2D eigenvalue weighted by molar-refractivity contribution is 0.0278. The number of hydrogen-bond acceptors (Lipinski definition) is 2. The summed E-state index contributed by atoms with van der Waals surface area (Å²) in [4.78, 5) is 12.4. The van der Waals surface area contributed by atoms with Crippen LogP contribution in [-0.4, -0.2) is 11.4 Å². The number of benzene rings is 1. The van der Waals surface area contributed by atoms with Crippen molar-refractivity contribution in [1.29, 1.82) is 0 Å². The lowest BCUT2D eigenvalue weighted by atomic mass is 9.81. The summed E-state index contributed by atoms with van der Waals surface area (Å²) >= 11 is 5.97. The van der Waals surface area contributed by atoms with Crippen molar-refractivity contribution >= 4 is 17.4 Å². The Morgan fingerprint density at radius 3 is 2.75 bits per heavy atom. The second-order valence-corrected chi connectivity index (χ2v) is 7.48. The maximum Gasteiger partial charge on any atom is 0.170 e. The lowest BCUT2D eigenvalue weighted by Crippen LogP contribution is -2.41. The summed E-state index contributed by atoms with van der Waals surface area (Å²) in [6, 6.07) is 5.37. The quantitative estimate of drug-likeness (QED) is 0.670. The monoisotopic (exact) mass is 292 g/mol. The fraction of sp³-hybridized carbons (Fsp3) is 0.588. The van der Waals surface area contributed by atoms with Gasteiger partial charge in [0.25, 0.3) is 0 Å². The lowest BCUT2D eigenvalue weighted by Gasteiger charge is -2.38. The number of ether oxygens (including phenoxy) is 1. The Kier molecular flexibility index (Phi) is 3.32. The molecule has 1 saturated carbocycles. The number of hydrogen-bond donors (Lipinski definition) is 0. The molecule has 0 saturated heterocycles. The number of Topliss-reactive ketones (excluding diaryl/α,β-unsaturated/α-hetero) is 1. The molecule has 3 rings (SSSR count). The molecule has 0 N–H and O–H groups in total. The first-order valence-corrected chi connectivity index (χ1v) is 7.79. The van der Waals surface area contributed by atoms with Crippen LogP contribution in [-0.2, 0) is 0 Å². The third-order valence-corrected chi connectivity index (χ3v) is 5.03. The smallest absolute Gasteiger partial charge is 0.170 e. The molecule has 3 heteroatoms. The highest BCUT2D eigenvalue weighted by molar-refractivity contribution is 6.31. The summed E-state index contributed by atoms with van der Waals surface area (Å²) in [6.45, 7) is 4.62. The molecule has 1 spiro atoms. The van der Waals surface area contributed by atoms with E-state index in [4.69, 9.17) is 16.3 Å². The molecule has 1 fully saturated rings. The minimum atomic E-state index is -0.286. The van der Waals surface area contributed by atoms with E-state index in [0.29, 0.717) is 28.2 Å². The maximum atomic E-state index is 12.4. The van der Waals surface area contributed by atoms with Gasteiger partial charge >= 0.3 is 0 Å². The Labute approximate surface area is 125 Å². The van der Waals surface area contributed by atoms with Crippen LogP contribution in [0.15, 0.2) is 18.2 Å². The molecule has 0 amide bonds. The molecule has 1 aromatic carbocycles. The third-order valence-electron chi connectivity index (χ3n) is 4.79. The highest BCUT2D eigenvalue weighted by atomic mass is 35.5. The van der Waals surface area contributed by atoms with E-state index in [9.17, 15) is 4.79 Å². The van der Waals surface area contributed by atoms with Crippen molar-refractivity contribution in [3.63, 3.8) is 0 Å². The van der Waals surface area contributed by atoms with Crippen LogP contribution in [0.3, 0.4) is 0 Å². The molecule has 1 aromatic rings. The molecule has 1 aliphatic carbocycles. The van der Waals surface area contributed by atoms with Crippen LogP contribution in [0.1, 0.15) is 62.7 Å². The van der Waals surface area contributed by atoms with Gasteiger partial charge in [-0.05, 0) is 55.7 Å². The minimum Gasteiger partial charge on any atom is -0.486 e. The van der Waals surface area contributed by atoms with E-state index in [1.54, 1.807) is 12.1 Å². The fourth-order valence-electron chi connectivity index (χ4n) is 3.45. The van der Waals surface area contributed by atoms with Crippen LogP contribution in [0.4, 0.5) is 0 Å². The van der Waals surface area contributed by atoms with E-state index in [-0.39, 0.29) is 11.4 Å². The van der Waals surface area contributed by atoms with Gasteiger partial charge in [-0.2, -0.15) is 0 Å². The molecule has 1 atom stereocenters. The van der Waals surface area contributed by atoms with Gasteiger partial charge in [0.15, 0.2) is 5.78 Å². The molecule has 0 aromatic heterocycles. The molecule has 20 heavy (non-hydrogen) atoms. The van der Waals surface area contributed by atoms with Crippen molar-refractivity contribution < 1.29 is 9.53 Å². The van der Waals surface area contributed by atoms with E-state index in [1.165, 1.54) is 6.42 Å². The number of halogens is 1. The Hall–Kier alpha value is -1.02. The normalized spacial score (nSPS) is 28.6. The van der Waals surface area contributed by atoms with Gasteiger partial charge in [0.05, 0.1) is 12.0 Å². The van der Waals surface area contributed by atoms with Gasteiger partial charge in [-0.25, -0.2) is 0 Å². The average Bonchev–Trinajstić information content (AvgIpc) is 2.51. The van der Waals surface area contributed by atoms with Crippen molar-refractivity contribution in [2.45, 2.75) is 58.0 Å². The summed E-state index contributed by atoms with van der Waals surface area (Å²) in [5, 5.41) is 0.596. The first-order valence-electron chi connectivity index (χ1n) is 7.41. The zero-order chi connectivity index (χ0) is 14.4. The zero-order valence-corrected chi connectivity index (χ0v) is 12.9. The van der Waals surface area contributed by atoms with E-state index >= 15 is 0 Å². The molecule has 1 unspecified atom stereocenters. The van der Waals surface area contributed by atoms with Gasteiger partial charge in [-0.1, -0.05) is 25.4 Å². The van der Waals surface area contributed by atoms with Crippen LogP contribution in [0.5, 0.6) is 5.75 Å². The zero-order valence-electron chi connectivity index (χ0n) is 12.2. The Balaban J connectivity index is 1.90. The molecule has 0 radical (unpaired) electrons. The highest BCUT2D eigenvalue weighted by Crippen LogP contribution is 2.45. The fourth-order valence-corrected chi connectivity index (χ4v) is 3.62. The number of carbonyl (C=O) groups excluding carboxylic acids is 1. The van der Waals surface area contributed by atoms with Gasteiger partial charge in [0.2, 0.25) is 0 Å². The van der Waals surface area contributed by atoms with Crippen LogP contribution in [0, 0.1) is 5.41 Å². The first kappa shape index (κ1) is 13.9. The van der Waals surface area contributed by atoms with Crippen LogP contribution < -0.4 is 4.74 Å². The van der Waals surface area contributed by atoms with E-state index < -0.39 is 0 Å². The van der Waals surface area contributed by atoms with E-state index in [2.05, 4.69) is 13.8 Å². The van der Waals surface area contributed by atoms with Crippen molar-refractivity contribution in [1.82, 2.24) is 0 Å². The minimum absolute atomic E-state index is 0.174. The third kappa shape index (κ3) is 2.58. The molecular weight excluding hydrogens is 272 g/mol. The summed E-state index contributed by atoms with van der Waals surface area (Å²) in [5.41, 5.74) is 0.716. The van der Waals surface area contributed by atoms with Gasteiger partial charge < -0.3 is 4.74 Å². The first-order chi connectivity index (χ1) is 9.39. The summed E-state index contributed by atoms with van der Waals surface area (Å²) in [5.74, 6) is 0.888.